The van der Waals surface area contributed by atoms with Crippen LogP contribution in [0.2, 0.25) is 0 Å². The first-order chi connectivity index (χ1) is 9.74. The molecule has 0 saturated heterocycles. The molecule has 0 aliphatic heterocycles. The van der Waals surface area contributed by atoms with Gasteiger partial charge in [-0.25, -0.2) is 0 Å². The van der Waals surface area contributed by atoms with Gasteiger partial charge in [-0.2, -0.15) is 0 Å². The van der Waals surface area contributed by atoms with Crippen LogP contribution in [-0.2, 0) is 6.42 Å². The van der Waals surface area contributed by atoms with Crippen LogP contribution in [0.3, 0.4) is 0 Å². The third-order valence-electron chi connectivity index (χ3n) is 4.14. The predicted octanol–water partition coefficient (Wildman–Crippen LogP) is 5.48. The van der Waals surface area contributed by atoms with Crippen molar-refractivity contribution in [2.75, 3.05) is 5.32 Å². The third-order valence-corrected chi connectivity index (χ3v) is 4.81. The van der Waals surface area contributed by atoms with Crippen LogP contribution in [0.1, 0.15) is 42.0 Å². The number of nitrogens with one attached hydrogen (secondary N) is 1. The number of anilines is 1. The summed E-state index contributed by atoms with van der Waals surface area (Å²) in [5.74, 6) is 0. The molecular formula is C18H20IN. The second kappa shape index (κ2) is 6.17. The highest BCUT2D eigenvalue weighted by atomic mass is 127. The molecule has 20 heavy (non-hydrogen) atoms. The molecule has 0 fully saturated rings. The SMILES string of the molecule is Cc1cc(I)ccc1NC1CCCCc2ccccc21. The van der Waals surface area contributed by atoms with Gasteiger partial charge in [0, 0.05) is 9.26 Å². The van der Waals surface area contributed by atoms with Crippen molar-refractivity contribution < 1.29 is 0 Å². The van der Waals surface area contributed by atoms with E-state index in [-0.39, 0.29) is 0 Å². The quantitative estimate of drug-likeness (QED) is 0.540. The Morgan fingerprint density at radius 3 is 2.80 bits per heavy atom. The summed E-state index contributed by atoms with van der Waals surface area (Å²) in [6.45, 7) is 2.19. The molecule has 0 saturated carbocycles. The van der Waals surface area contributed by atoms with Gasteiger partial charge in [0.05, 0.1) is 6.04 Å². The van der Waals surface area contributed by atoms with E-state index in [1.807, 2.05) is 0 Å². The number of hydrogen-bond acceptors (Lipinski definition) is 1. The minimum absolute atomic E-state index is 0.451. The van der Waals surface area contributed by atoms with E-state index in [4.69, 9.17) is 0 Å². The van der Waals surface area contributed by atoms with Gasteiger partial charge in [0.15, 0.2) is 0 Å². The normalized spacial score (nSPS) is 18.2. The predicted molar refractivity (Wildman–Crippen MR) is 94.3 cm³/mol. The lowest BCUT2D eigenvalue weighted by Gasteiger charge is -2.22. The van der Waals surface area contributed by atoms with Crippen LogP contribution in [0.25, 0.3) is 0 Å². The van der Waals surface area contributed by atoms with Crippen LogP contribution in [0.5, 0.6) is 0 Å². The summed E-state index contributed by atoms with van der Waals surface area (Å²) in [5.41, 5.74) is 5.61. The molecular weight excluding hydrogens is 357 g/mol. The minimum Gasteiger partial charge on any atom is -0.378 e. The molecule has 1 atom stereocenters. The second-order valence-corrected chi connectivity index (χ2v) is 6.85. The van der Waals surface area contributed by atoms with Crippen molar-refractivity contribution in [2.45, 2.75) is 38.6 Å². The molecule has 0 radical (unpaired) electrons. The van der Waals surface area contributed by atoms with Gasteiger partial charge in [0.2, 0.25) is 0 Å². The van der Waals surface area contributed by atoms with Gasteiger partial charge in [0.25, 0.3) is 0 Å². The summed E-state index contributed by atoms with van der Waals surface area (Å²) >= 11 is 2.37. The molecule has 1 nitrogen and oxygen atoms in total. The van der Waals surface area contributed by atoms with E-state index < -0.39 is 0 Å². The summed E-state index contributed by atoms with van der Waals surface area (Å²) in [5, 5.41) is 3.77. The van der Waals surface area contributed by atoms with E-state index in [9.17, 15) is 0 Å². The van der Waals surface area contributed by atoms with E-state index >= 15 is 0 Å². The van der Waals surface area contributed by atoms with Crippen molar-refractivity contribution in [3.63, 3.8) is 0 Å². The zero-order chi connectivity index (χ0) is 13.9. The van der Waals surface area contributed by atoms with Crippen molar-refractivity contribution in [2.24, 2.45) is 0 Å². The van der Waals surface area contributed by atoms with E-state index in [1.54, 1.807) is 0 Å². The lowest BCUT2D eigenvalue weighted by Crippen LogP contribution is -2.12. The van der Waals surface area contributed by atoms with Crippen LogP contribution < -0.4 is 5.32 Å². The van der Waals surface area contributed by atoms with E-state index in [2.05, 4.69) is 77.3 Å². The van der Waals surface area contributed by atoms with Gasteiger partial charge < -0.3 is 5.32 Å². The lowest BCUT2D eigenvalue weighted by atomic mass is 9.98. The first-order valence-electron chi connectivity index (χ1n) is 7.34. The van der Waals surface area contributed by atoms with Gasteiger partial charge in [0.1, 0.15) is 0 Å². The first-order valence-corrected chi connectivity index (χ1v) is 8.42. The van der Waals surface area contributed by atoms with Crippen LogP contribution in [0.4, 0.5) is 5.69 Å². The second-order valence-electron chi connectivity index (χ2n) is 5.60. The minimum atomic E-state index is 0.451. The zero-order valence-electron chi connectivity index (χ0n) is 11.8. The molecule has 2 heteroatoms. The Morgan fingerprint density at radius 1 is 1.10 bits per heavy atom. The fourth-order valence-electron chi connectivity index (χ4n) is 3.05. The summed E-state index contributed by atoms with van der Waals surface area (Å²) in [6, 6.07) is 16.0. The monoisotopic (exact) mass is 377 g/mol. The molecule has 1 aliphatic rings. The molecule has 0 amide bonds. The molecule has 0 bridgehead atoms. The van der Waals surface area contributed by atoms with E-state index in [0.29, 0.717) is 6.04 Å². The Hall–Kier alpha value is -1.03. The highest BCUT2D eigenvalue weighted by molar-refractivity contribution is 14.1. The van der Waals surface area contributed by atoms with Crippen LogP contribution in [0, 0.1) is 10.5 Å². The maximum absolute atomic E-state index is 3.77. The average molecular weight is 377 g/mol. The van der Waals surface area contributed by atoms with Crippen molar-refractivity contribution in [3.05, 3.63) is 62.7 Å². The van der Waals surface area contributed by atoms with Gasteiger partial charge in [-0.05, 0) is 83.7 Å². The number of halogens is 1. The Morgan fingerprint density at radius 2 is 1.95 bits per heavy atom. The number of rotatable bonds is 2. The maximum atomic E-state index is 3.77. The molecule has 1 aliphatic carbocycles. The smallest absolute Gasteiger partial charge is 0.0516 e. The van der Waals surface area contributed by atoms with Crippen LogP contribution >= 0.6 is 22.6 Å². The molecule has 1 unspecified atom stereocenters. The number of hydrogen-bond donors (Lipinski definition) is 1. The van der Waals surface area contributed by atoms with Crippen LogP contribution in [-0.4, -0.2) is 0 Å². The fraction of sp³-hybridized carbons (Fsp3) is 0.333. The Balaban J connectivity index is 1.90. The highest BCUT2D eigenvalue weighted by Crippen LogP contribution is 2.32. The van der Waals surface area contributed by atoms with Gasteiger partial charge in [-0.3, -0.25) is 0 Å². The molecule has 0 aromatic heterocycles. The highest BCUT2D eigenvalue weighted by Gasteiger charge is 2.18. The molecule has 2 aromatic rings. The summed E-state index contributed by atoms with van der Waals surface area (Å²) in [4.78, 5) is 0. The standard InChI is InChI=1S/C18H20IN/c1-13-12-15(19)10-11-17(13)20-18-9-5-3-7-14-6-2-4-8-16(14)18/h2,4,6,8,10-12,18,20H,3,5,7,9H2,1H3. The largest absolute Gasteiger partial charge is 0.378 e. The third kappa shape index (κ3) is 3.00. The summed E-state index contributed by atoms with van der Waals surface area (Å²) in [7, 11) is 0. The summed E-state index contributed by atoms with van der Waals surface area (Å²) in [6.07, 6.45) is 5.05. The van der Waals surface area contributed by atoms with E-state index in [0.717, 1.165) is 0 Å². The first kappa shape index (κ1) is 13.9. The van der Waals surface area contributed by atoms with Gasteiger partial charge >= 0.3 is 0 Å². The topological polar surface area (TPSA) is 12.0 Å². The lowest BCUT2D eigenvalue weighted by molar-refractivity contribution is 0.644. The molecule has 3 rings (SSSR count). The van der Waals surface area contributed by atoms with Gasteiger partial charge in [-0.1, -0.05) is 30.7 Å². The van der Waals surface area contributed by atoms with Crippen molar-refractivity contribution in [1.82, 2.24) is 0 Å². The fourth-order valence-corrected chi connectivity index (χ4v) is 3.69. The van der Waals surface area contributed by atoms with Crippen molar-refractivity contribution >= 4 is 28.3 Å². The molecule has 0 spiro atoms. The van der Waals surface area contributed by atoms with Gasteiger partial charge in [-0.15, -0.1) is 0 Å². The van der Waals surface area contributed by atoms with E-state index in [1.165, 1.54) is 51.6 Å². The molecule has 1 N–H and O–H groups in total. The Bertz CT molecular complexity index is 606. The Labute approximate surface area is 134 Å². The molecule has 104 valence electrons. The van der Waals surface area contributed by atoms with Crippen molar-refractivity contribution in [1.29, 1.82) is 0 Å². The zero-order valence-corrected chi connectivity index (χ0v) is 14.0. The maximum Gasteiger partial charge on any atom is 0.0516 e. The van der Waals surface area contributed by atoms with Crippen LogP contribution in [0.15, 0.2) is 42.5 Å². The number of benzene rings is 2. The van der Waals surface area contributed by atoms with Crippen molar-refractivity contribution in [3.8, 4) is 0 Å². The molecule has 2 aromatic carbocycles. The number of fused-ring (bicyclic) bond motifs is 1. The molecule has 0 heterocycles. The average Bonchev–Trinajstić information content (AvgIpc) is 2.65. The number of aryl methyl sites for hydroxylation is 2. The Kier molecular flexibility index (Phi) is 4.29. The summed E-state index contributed by atoms with van der Waals surface area (Å²) < 4.78 is 1.30.